The molecular formula is C9H10N2O2. The summed E-state index contributed by atoms with van der Waals surface area (Å²) in [6, 6.07) is 3.49. The van der Waals surface area contributed by atoms with Crippen LogP contribution in [0.4, 0.5) is 0 Å². The number of aromatic carboxylic acids is 1. The third kappa shape index (κ3) is 1.26. The average molecular weight is 178 g/mol. The van der Waals surface area contributed by atoms with Gasteiger partial charge in [0.1, 0.15) is 0 Å². The maximum absolute atomic E-state index is 10.6. The van der Waals surface area contributed by atoms with Gasteiger partial charge in [-0.15, -0.1) is 0 Å². The van der Waals surface area contributed by atoms with E-state index in [1.165, 1.54) is 6.20 Å². The van der Waals surface area contributed by atoms with Crippen molar-refractivity contribution < 1.29 is 11.3 Å². The van der Waals surface area contributed by atoms with Crippen molar-refractivity contribution in [2.75, 3.05) is 0 Å². The Morgan fingerprint density at radius 1 is 1.62 bits per heavy atom. The molecule has 2 aromatic rings. The molecule has 68 valence electrons. The van der Waals surface area contributed by atoms with Crippen molar-refractivity contribution in [2.24, 2.45) is 0 Å². The summed E-state index contributed by atoms with van der Waals surface area (Å²) >= 11 is 0. The van der Waals surface area contributed by atoms with Gasteiger partial charge in [0.15, 0.2) is 0 Å². The van der Waals surface area contributed by atoms with E-state index in [1.54, 1.807) is 10.6 Å². The molecule has 0 bridgehead atoms. The molecule has 0 aliphatic rings. The minimum atomic E-state index is -0.950. The van der Waals surface area contributed by atoms with Gasteiger partial charge in [-0.05, 0) is 24.6 Å². The molecule has 0 atom stereocenters. The van der Waals surface area contributed by atoms with Gasteiger partial charge < -0.3 is 5.11 Å². The lowest BCUT2D eigenvalue weighted by atomic mass is 10.3. The second-order valence-electron chi connectivity index (χ2n) is 2.94. The van der Waals surface area contributed by atoms with Crippen molar-refractivity contribution in [2.45, 2.75) is 6.92 Å². The predicted octanol–water partition coefficient (Wildman–Crippen LogP) is 1.59. The lowest BCUT2D eigenvalue weighted by Gasteiger charge is -1.94. The molecule has 0 fully saturated rings. The Labute approximate surface area is 75.9 Å². The van der Waals surface area contributed by atoms with Crippen molar-refractivity contribution >= 4 is 11.5 Å². The van der Waals surface area contributed by atoms with E-state index in [1.807, 2.05) is 19.2 Å². The topological polar surface area (TPSA) is 54.6 Å². The number of hydrogen-bond acceptors (Lipinski definition) is 2. The Morgan fingerprint density at radius 2 is 2.38 bits per heavy atom. The SMILES string of the molecule is Cc1cc2cc(C(=O)O)cnn2c1.[HH]. The fraction of sp³-hybridized carbons (Fsp3) is 0.111. The molecule has 0 aliphatic carbocycles. The lowest BCUT2D eigenvalue weighted by molar-refractivity contribution is 0.0696. The summed E-state index contributed by atoms with van der Waals surface area (Å²) in [5, 5.41) is 12.7. The maximum Gasteiger partial charge on any atom is 0.337 e. The molecule has 0 saturated heterocycles. The van der Waals surface area contributed by atoms with Gasteiger partial charge >= 0.3 is 5.97 Å². The first-order valence-corrected chi connectivity index (χ1v) is 3.85. The molecule has 2 aromatic heterocycles. The molecule has 4 heteroatoms. The number of nitrogens with zero attached hydrogens (tertiary/aromatic N) is 2. The van der Waals surface area contributed by atoms with Gasteiger partial charge in [-0.2, -0.15) is 5.10 Å². The lowest BCUT2D eigenvalue weighted by Crippen LogP contribution is -1.99. The summed E-state index contributed by atoms with van der Waals surface area (Å²) in [6.45, 7) is 1.94. The van der Waals surface area contributed by atoms with Crippen LogP contribution < -0.4 is 0 Å². The number of aryl methyl sites for hydroxylation is 1. The van der Waals surface area contributed by atoms with Gasteiger partial charge in [-0.3, -0.25) is 0 Å². The summed E-state index contributed by atoms with van der Waals surface area (Å²) < 4.78 is 1.65. The summed E-state index contributed by atoms with van der Waals surface area (Å²) in [6.07, 6.45) is 3.19. The van der Waals surface area contributed by atoms with Crippen LogP contribution in [-0.4, -0.2) is 20.7 Å². The highest BCUT2D eigenvalue weighted by atomic mass is 16.4. The maximum atomic E-state index is 10.6. The zero-order valence-corrected chi connectivity index (χ0v) is 7.06. The van der Waals surface area contributed by atoms with Crippen molar-refractivity contribution in [3.05, 3.63) is 35.7 Å². The zero-order chi connectivity index (χ0) is 9.42. The number of carboxylic acid groups (broad SMARTS) is 1. The normalized spacial score (nSPS) is 10.5. The summed E-state index contributed by atoms with van der Waals surface area (Å²) in [5.74, 6) is -0.950. The summed E-state index contributed by atoms with van der Waals surface area (Å²) in [5.41, 5.74) is 2.08. The van der Waals surface area contributed by atoms with Crippen LogP contribution in [-0.2, 0) is 0 Å². The third-order valence-corrected chi connectivity index (χ3v) is 1.84. The first-order valence-electron chi connectivity index (χ1n) is 3.85. The molecule has 1 N–H and O–H groups in total. The van der Waals surface area contributed by atoms with Gasteiger partial charge in [0.25, 0.3) is 0 Å². The molecular weight excluding hydrogens is 168 g/mol. The van der Waals surface area contributed by atoms with Crippen molar-refractivity contribution in [1.82, 2.24) is 9.61 Å². The molecule has 0 aromatic carbocycles. The Morgan fingerprint density at radius 3 is 3.08 bits per heavy atom. The molecule has 4 nitrogen and oxygen atoms in total. The smallest absolute Gasteiger partial charge is 0.337 e. The minimum absolute atomic E-state index is 0. The highest BCUT2D eigenvalue weighted by molar-refractivity contribution is 5.88. The second kappa shape index (κ2) is 2.58. The van der Waals surface area contributed by atoms with Crippen molar-refractivity contribution in [3.63, 3.8) is 0 Å². The van der Waals surface area contributed by atoms with Gasteiger partial charge in [-0.1, -0.05) is 0 Å². The van der Waals surface area contributed by atoms with E-state index in [0.29, 0.717) is 0 Å². The van der Waals surface area contributed by atoms with Crippen LogP contribution in [0.1, 0.15) is 17.3 Å². The molecule has 0 unspecified atom stereocenters. The Kier molecular flexibility index (Phi) is 1.55. The first-order chi connectivity index (χ1) is 6.16. The Hall–Kier alpha value is -1.84. The van der Waals surface area contributed by atoms with Gasteiger partial charge in [0, 0.05) is 7.62 Å². The number of fused-ring (bicyclic) bond motifs is 1. The van der Waals surface area contributed by atoms with Crippen LogP contribution in [0.3, 0.4) is 0 Å². The Bertz CT molecular complexity index is 479. The van der Waals surface area contributed by atoms with Crippen LogP contribution in [0.15, 0.2) is 24.5 Å². The average Bonchev–Trinajstić information content (AvgIpc) is 2.42. The molecule has 0 aliphatic heterocycles. The monoisotopic (exact) mass is 178 g/mol. The van der Waals surface area contributed by atoms with E-state index >= 15 is 0 Å². The summed E-state index contributed by atoms with van der Waals surface area (Å²) in [7, 11) is 0. The van der Waals surface area contributed by atoms with E-state index in [4.69, 9.17) is 5.11 Å². The summed E-state index contributed by atoms with van der Waals surface area (Å²) in [4.78, 5) is 10.6. The molecule has 0 amide bonds. The fourth-order valence-corrected chi connectivity index (χ4v) is 1.25. The molecule has 0 saturated carbocycles. The van der Waals surface area contributed by atoms with Gasteiger partial charge in [0.2, 0.25) is 0 Å². The van der Waals surface area contributed by atoms with Crippen LogP contribution in [0, 0.1) is 6.92 Å². The van der Waals surface area contributed by atoms with E-state index in [9.17, 15) is 4.79 Å². The molecule has 0 spiro atoms. The van der Waals surface area contributed by atoms with E-state index in [-0.39, 0.29) is 6.99 Å². The highest BCUT2D eigenvalue weighted by Crippen LogP contribution is 2.09. The fourth-order valence-electron chi connectivity index (χ4n) is 1.25. The van der Waals surface area contributed by atoms with Crippen LogP contribution in [0.5, 0.6) is 0 Å². The number of carbonyl (C=O) groups is 1. The third-order valence-electron chi connectivity index (χ3n) is 1.84. The molecule has 2 rings (SSSR count). The number of aromatic nitrogens is 2. The van der Waals surface area contributed by atoms with Crippen LogP contribution in [0.2, 0.25) is 0 Å². The molecule has 0 radical (unpaired) electrons. The van der Waals surface area contributed by atoms with Crippen molar-refractivity contribution in [1.29, 1.82) is 0 Å². The second-order valence-corrected chi connectivity index (χ2v) is 2.94. The van der Waals surface area contributed by atoms with Gasteiger partial charge in [0.05, 0.1) is 17.3 Å². The Balaban J connectivity index is 0.000000980. The van der Waals surface area contributed by atoms with Crippen LogP contribution in [0.25, 0.3) is 5.52 Å². The largest absolute Gasteiger partial charge is 0.478 e. The van der Waals surface area contributed by atoms with E-state index in [2.05, 4.69) is 5.10 Å². The molecule has 13 heavy (non-hydrogen) atoms. The number of rotatable bonds is 1. The van der Waals surface area contributed by atoms with E-state index < -0.39 is 5.97 Å². The number of hydrogen-bond donors (Lipinski definition) is 1. The first kappa shape index (κ1) is 7.79. The van der Waals surface area contributed by atoms with Crippen molar-refractivity contribution in [3.8, 4) is 0 Å². The predicted molar refractivity (Wildman–Crippen MR) is 49.0 cm³/mol. The molecule has 2 heterocycles. The van der Waals surface area contributed by atoms with E-state index in [0.717, 1.165) is 11.1 Å². The minimum Gasteiger partial charge on any atom is -0.478 e. The number of carboxylic acids is 1. The van der Waals surface area contributed by atoms with Gasteiger partial charge in [-0.25, -0.2) is 9.31 Å². The zero-order valence-electron chi connectivity index (χ0n) is 7.06. The quantitative estimate of drug-likeness (QED) is 0.721. The standard InChI is InChI=1S/C9H8N2O2.H2/c1-6-2-8-3-7(9(12)13)4-10-11(8)5-6;/h2-5H,1H3,(H,12,13);1H. The van der Waals surface area contributed by atoms with Crippen LogP contribution >= 0.6 is 0 Å². The highest BCUT2D eigenvalue weighted by Gasteiger charge is 2.04.